The van der Waals surface area contributed by atoms with E-state index in [1.54, 1.807) is 12.1 Å². The number of hydrogen-bond acceptors (Lipinski definition) is 4. The van der Waals surface area contributed by atoms with Gasteiger partial charge in [0.1, 0.15) is 0 Å². The van der Waals surface area contributed by atoms with Crippen LogP contribution in [0, 0.1) is 6.92 Å². The Morgan fingerprint density at radius 2 is 1.95 bits per heavy atom. The van der Waals surface area contributed by atoms with Crippen molar-refractivity contribution in [1.29, 1.82) is 0 Å². The molecular weight excluding hydrogens is 336 g/mol. The first-order chi connectivity index (χ1) is 10.1. The van der Waals surface area contributed by atoms with Crippen molar-refractivity contribution in [2.75, 3.05) is 11.9 Å². The Morgan fingerprint density at radius 1 is 1.24 bits per heavy atom. The standard InChI is InChI=1S/C15H13BrN2O3/c1-10-2-3-12(8-13(10)16)18-14(19)9-21-15(20)11-4-6-17-7-5-11/h2-8H,9H2,1H3,(H,18,19). The minimum Gasteiger partial charge on any atom is -0.452 e. The van der Waals surface area contributed by atoms with Gasteiger partial charge in [-0.15, -0.1) is 0 Å². The second-order valence-corrected chi connectivity index (χ2v) is 5.18. The Labute approximate surface area is 130 Å². The molecule has 0 aliphatic heterocycles. The molecule has 0 saturated heterocycles. The zero-order valence-corrected chi connectivity index (χ0v) is 12.9. The van der Waals surface area contributed by atoms with Crippen LogP contribution >= 0.6 is 15.9 Å². The minimum atomic E-state index is -0.558. The average Bonchev–Trinajstić information content (AvgIpc) is 2.49. The quantitative estimate of drug-likeness (QED) is 0.862. The number of nitrogens with one attached hydrogen (secondary N) is 1. The predicted octanol–water partition coefficient (Wildman–Crippen LogP) is 2.95. The van der Waals surface area contributed by atoms with Crippen LogP contribution in [-0.4, -0.2) is 23.5 Å². The van der Waals surface area contributed by atoms with E-state index in [-0.39, 0.29) is 6.61 Å². The maximum absolute atomic E-state index is 11.7. The van der Waals surface area contributed by atoms with Gasteiger partial charge in [-0.25, -0.2) is 4.79 Å². The number of rotatable bonds is 4. The zero-order chi connectivity index (χ0) is 15.2. The van der Waals surface area contributed by atoms with Gasteiger partial charge in [-0.1, -0.05) is 22.0 Å². The Balaban J connectivity index is 1.87. The number of carbonyl (C=O) groups is 2. The highest BCUT2D eigenvalue weighted by Crippen LogP contribution is 2.20. The van der Waals surface area contributed by atoms with Gasteiger partial charge >= 0.3 is 5.97 Å². The maximum atomic E-state index is 11.7. The van der Waals surface area contributed by atoms with E-state index in [4.69, 9.17) is 4.74 Å². The normalized spacial score (nSPS) is 10.0. The molecule has 1 aromatic carbocycles. The molecule has 0 atom stereocenters. The molecule has 0 fully saturated rings. The van der Waals surface area contributed by atoms with E-state index in [1.165, 1.54) is 24.5 Å². The Kier molecular flexibility index (Phi) is 5.05. The lowest BCUT2D eigenvalue weighted by Crippen LogP contribution is -2.20. The van der Waals surface area contributed by atoms with Crippen LogP contribution in [0.15, 0.2) is 47.2 Å². The fourth-order valence-corrected chi connectivity index (χ4v) is 1.95. The smallest absolute Gasteiger partial charge is 0.338 e. The Morgan fingerprint density at radius 3 is 2.62 bits per heavy atom. The average molecular weight is 349 g/mol. The van der Waals surface area contributed by atoms with Crippen LogP contribution in [-0.2, 0) is 9.53 Å². The summed E-state index contributed by atoms with van der Waals surface area (Å²) in [6.07, 6.45) is 2.97. The summed E-state index contributed by atoms with van der Waals surface area (Å²) in [6.45, 7) is 1.61. The summed E-state index contributed by atoms with van der Waals surface area (Å²) < 4.78 is 5.82. The van der Waals surface area contributed by atoms with E-state index >= 15 is 0 Å². The van der Waals surface area contributed by atoms with Gasteiger partial charge in [0.25, 0.3) is 5.91 Å². The van der Waals surface area contributed by atoms with Crippen molar-refractivity contribution in [2.45, 2.75) is 6.92 Å². The van der Waals surface area contributed by atoms with Gasteiger partial charge < -0.3 is 10.1 Å². The summed E-state index contributed by atoms with van der Waals surface area (Å²) in [5.41, 5.74) is 2.06. The molecule has 5 nitrogen and oxygen atoms in total. The first-order valence-electron chi connectivity index (χ1n) is 6.19. The molecule has 108 valence electrons. The van der Waals surface area contributed by atoms with Crippen LogP contribution in [0.25, 0.3) is 0 Å². The van der Waals surface area contributed by atoms with Gasteiger partial charge in [-0.2, -0.15) is 0 Å². The zero-order valence-electron chi connectivity index (χ0n) is 11.3. The number of aromatic nitrogens is 1. The molecule has 6 heteroatoms. The van der Waals surface area contributed by atoms with E-state index in [2.05, 4.69) is 26.2 Å². The third-order valence-electron chi connectivity index (χ3n) is 2.71. The van der Waals surface area contributed by atoms with Crippen LogP contribution in [0.3, 0.4) is 0 Å². The molecule has 1 heterocycles. The lowest BCUT2D eigenvalue weighted by Gasteiger charge is -2.08. The van der Waals surface area contributed by atoms with Crippen LogP contribution < -0.4 is 5.32 Å². The van der Waals surface area contributed by atoms with Gasteiger partial charge in [0.05, 0.1) is 5.56 Å². The largest absolute Gasteiger partial charge is 0.452 e. The summed E-state index contributed by atoms with van der Waals surface area (Å²) in [7, 11) is 0. The first-order valence-corrected chi connectivity index (χ1v) is 6.99. The van der Waals surface area contributed by atoms with Gasteiger partial charge in [0.15, 0.2) is 6.61 Å². The van der Waals surface area contributed by atoms with Crippen LogP contribution in [0.1, 0.15) is 15.9 Å². The van der Waals surface area contributed by atoms with Crippen molar-refractivity contribution in [3.63, 3.8) is 0 Å². The third-order valence-corrected chi connectivity index (χ3v) is 3.56. The van der Waals surface area contributed by atoms with Crippen molar-refractivity contribution in [3.8, 4) is 0 Å². The minimum absolute atomic E-state index is 0.341. The first kappa shape index (κ1) is 15.2. The van der Waals surface area contributed by atoms with Crippen molar-refractivity contribution < 1.29 is 14.3 Å². The lowest BCUT2D eigenvalue weighted by molar-refractivity contribution is -0.119. The summed E-state index contributed by atoms with van der Waals surface area (Å²) in [6, 6.07) is 8.50. The molecule has 0 aliphatic rings. The van der Waals surface area contributed by atoms with E-state index in [9.17, 15) is 9.59 Å². The number of amides is 1. The number of esters is 1. The monoisotopic (exact) mass is 348 g/mol. The molecular formula is C15H13BrN2O3. The second-order valence-electron chi connectivity index (χ2n) is 4.32. The molecule has 2 aromatic rings. The summed E-state index contributed by atoms with van der Waals surface area (Å²) in [5, 5.41) is 2.66. The van der Waals surface area contributed by atoms with E-state index in [0.717, 1.165) is 10.0 Å². The number of carbonyl (C=O) groups excluding carboxylic acids is 2. The molecule has 2 rings (SSSR count). The molecule has 21 heavy (non-hydrogen) atoms. The molecule has 0 spiro atoms. The Bertz CT molecular complexity index is 659. The van der Waals surface area contributed by atoms with E-state index < -0.39 is 11.9 Å². The number of pyridine rings is 1. The maximum Gasteiger partial charge on any atom is 0.338 e. The predicted molar refractivity (Wildman–Crippen MR) is 82.0 cm³/mol. The van der Waals surface area contributed by atoms with Crippen LogP contribution in [0.5, 0.6) is 0 Å². The molecule has 0 bridgehead atoms. The van der Waals surface area contributed by atoms with Gasteiger partial charge in [0.2, 0.25) is 0 Å². The summed E-state index contributed by atoms with van der Waals surface area (Å²) in [5.74, 6) is -0.953. The molecule has 1 aromatic heterocycles. The number of ether oxygens (including phenoxy) is 1. The number of hydrogen-bond donors (Lipinski definition) is 1. The molecule has 0 saturated carbocycles. The van der Waals surface area contributed by atoms with Gasteiger partial charge in [-0.3, -0.25) is 9.78 Å². The van der Waals surface area contributed by atoms with Crippen molar-refractivity contribution in [2.24, 2.45) is 0 Å². The van der Waals surface area contributed by atoms with Crippen molar-refractivity contribution in [3.05, 3.63) is 58.3 Å². The highest BCUT2D eigenvalue weighted by molar-refractivity contribution is 9.10. The van der Waals surface area contributed by atoms with Gasteiger partial charge in [-0.05, 0) is 36.8 Å². The molecule has 1 amide bonds. The molecule has 0 aliphatic carbocycles. The fraction of sp³-hybridized carbons (Fsp3) is 0.133. The highest BCUT2D eigenvalue weighted by atomic mass is 79.9. The fourth-order valence-electron chi connectivity index (χ4n) is 1.57. The summed E-state index contributed by atoms with van der Waals surface area (Å²) >= 11 is 3.39. The second kappa shape index (κ2) is 6.99. The molecule has 0 unspecified atom stereocenters. The Hall–Kier alpha value is -2.21. The number of aryl methyl sites for hydroxylation is 1. The molecule has 1 N–H and O–H groups in total. The van der Waals surface area contributed by atoms with Crippen molar-refractivity contribution in [1.82, 2.24) is 4.98 Å². The number of anilines is 1. The SMILES string of the molecule is Cc1ccc(NC(=O)COC(=O)c2ccncc2)cc1Br. The number of nitrogens with zero attached hydrogens (tertiary/aromatic N) is 1. The lowest BCUT2D eigenvalue weighted by atomic mass is 10.2. The van der Waals surface area contributed by atoms with Crippen LogP contribution in [0.2, 0.25) is 0 Å². The van der Waals surface area contributed by atoms with E-state index in [0.29, 0.717) is 11.3 Å². The number of benzene rings is 1. The van der Waals surface area contributed by atoms with Crippen molar-refractivity contribution >= 4 is 33.5 Å². The summed E-state index contributed by atoms with van der Waals surface area (Å²) in [4.78, 5) is 27.2. The van der Waals surface area contributed by atoms with Crippen LogP contribution in [0.4, 0.5) is 5.69 Å². The molecule has 0 radical (unpaired) electrons. The van der Waals surface area contributed by atoms with E-state index in [1.807, 2.05) is 13.0 Å². The topological polar surface area (TPSA) is 68.3 Å². The number of halogens is 1. The highest BCUT2D eigenvalue weighted by Gasteiger charge is 2.10. The van der Waals surface area contributed by atoms with Gasteiger partial charge in [0, 0.05) is 22.6 Å². The third kappa shape index (κ3) is 4.39.